The van der Waals surface area contributed by atoms with Gasteiger partial charge in [-0.25, -0.2) is 0 Å². The zero-order valence-corrected chi connectivity index (χ0v) is 11.3. The van der Waals surface area contributed by atoms with E-state index in [1.807, 2.05) is 24.3 Å². The van der Waals surface area contributed by atoms with E-state index in [2.05, 4.69) is 12.1 Å². The molecule has 2 aromatic carbocycles. The van der Waals surface area contributed by atoms with E-state index < -0.39 is 5.54 Å². The summed E-state index contributed by atoms with van der Waals surface area (Å²) in [5, 5.41) is 1.35. The highest BCUT2D eigenvalue weighted by atomic mass is 35.5. The Morgan fingerprint density at radius 2 is 1.78 bits per heavy atom. The highest BCUT2D eigenvalue weighted by Gasteiger charge is 2.37. The van der Waals surface area contributed by atoms with Gasteiger partial charge in [0.15, 0.2) is 0 Å². The summed E-state index contributed by atoms with van der Waals surface area (Å²) in [6.07, 6.45) is 1.85. The van der Waals surface area contributed by atoms with Gasteiger partial charge in [0.2, 0.25) is 0 Å². The number of fused-ring (bicyclic) bond motifs is 1. The van der Waals surface area contributed by atoms with Gasteiger partial charge in [0.05, 0.1) is 5.54 Å². The highest BCUT2D eigenvalue weighted by Crippen LogP contribution is 2.43. The molecule has 0 aliphatic heterocycles. The third-order valence-electron chi connectivity index (χ3n) is 3.70. The Hall–Kier alpha value is -1.02. The van der Waals surface area contributed by atoms with E-state index >= 15 is 0 Å². The molecule has 0 radical (unpaired) electrons. The van der Waals surface area contributed by atoms with E-state index in [0.717, 1.165) is 24.0 Å². The number of rotatable bonds is 1. The first-order valence-electron chi connectivity index (χ1n) is 5.94. The van der Waals surface area contributed by atoms with Crippen molar-refractivity contribution in [3.05, 3.63) is 69.2 Å². The second-order valence-corrected chi connectivity index (χ2v) is 5.60. The van der Waals surface area contributed by atoms with Crippen molar-refractivity contribution in [2.75, 3.05) is 0 Å². The molecule has 0 fully saturated rings. The molecule has 1 atom stereocenters. The number of nitrogens with two attached hydrogens (primary N) is 1. The van der Waals surface area contributed by atoms with E-state index in [1.54, 1.807) is 6.07 Å². The van der Waals surface area contributed by atoms with Crippen molar-refractivity contribution >= 4 is 23.2 Å². The fourth-order valence-electron chi connectivity index (χ4n) is 2.76. The molecule has 0 aromatic heterocycles. The van der Waals surface area contributed by atoms with Crippen LogP contribution in [0.15, 0.2) is 42.5 Å². The van der Waals surface area contributed by atoms with Gasteiger partial charge in [0, 0.05) is 10.0 Å². The van der Waals surface area contributed by atoms with E-state index in [9.17, 15) is 0 Å². The number of aryl methyl sites for hydroxylation is 1. The molecule has 1 unspecified atom stereocenters. The molecular weight excluding hydrogens is 265 g/mol. The van der Waals surface area contributed by atoms with Gasteiger partial charge in [-0.3, -0.25) is 0 Å². The van der Waals surface area contributed by atoms with Crippen LogP contribution in [-0.4, -0.2) is 0 Å². The summed E-state index contributed by atoms with van der Waals surface area (Å²) in [5.74, 6) is 0. The largest absolute Gasteiger partial charge is 0.318 e. The van der Waals surface area contributed by atoms with Crippen molar-refractivity contribution in [2.45, 2.75) is 18.4 Å². The molecule has 0 spiro atoms. The molecule has 0 saturated heterocycles. The number of benzene rings is 2. The lowest BCUT2D eigenvalue weighted by molar-refractivity contribution is 0.535. The van der Waals surface area contributed by atoms with Gasteiger partial charge in [-0.15, -0.1) is 0 Å². The van der Waals surface area contributed by atoms with Crippen LogP contribution in [0, 0.1) is 0 Å². The lowest BCUT2D eigenvalue weighted by atomic mass is 9.85. The smallest absolute Gasteiger partial charge is 0.0686 e. The molecule has 1 aliphatic carbocycles. The Balaban J connectivity index is 2.20. The summed E-state index contributed by atoms with van der Waals surface area (Å²) in [7, 11) is 0. The molecule has 1 aliphatic rings. The Bertz CT molecular complexity index is 609. The van der Waals surface area contributed by atoms with Crippen LogP contribution in [-0.2, 0) is 12.0 Å². The van der Waals surface area contributed by atoms with Crippen LogP contribution in [0.4, 0.5) is 0 Å². The van der Waals surface area contributed by atoms with Crippen LogP contribution in [0.5, 0.6) is 0 Å². The average molecular weight is 278 g/mol. The minimum atomic E-state index is -0.515. The van der Waals surface area contributed by atoms with Crippen molar-refractivity contribution in [1.82, 2.24) is 0 Å². The Labute approximate surface area is 117 Å². The topological polar surface area (TPSA) is 26.0 Å². The number of hydrogen-bond acceptors (Lipinski definition) is 1. The maximum atomic E-state index is 6.62. The van der Waals surface area contributed by atoms with E-state index in [4.69, 9.17) is 28.9 Å². The summed E-state index contributed by atoms with van der Waals surface area (Å²) in [5.41, 5.74) is 9.48. The van der Waals surface area contributed by atoms with Gasteiger partial charge in [-0.05, 0) is 47.7 Å². The van der Waals surface area contributed by atoms with Crippen molar-refractivity contribution < 1.29 is 0 Å². The molecule has 3 rings (SSSR count). The maximum absolute atomic E-state index is 6.62. The van der Waals surface area contributed by atoms with Crippen LogP contribution in [0.1, 0.15) is 23.1 Å². The van der Waals surface area contributed by atoms with Crippen LogP contribution < -0.4 is 5.73 Å². The van der Waals surface area contributed by atoms with E-state index in [1.165, 1.54) is 5.56 Å². The molecule has 0 saturated carbocycles. The summed E-state index contributed by atoms with van der Waals surface area (Å²) in [6.45, 7) is 0. The monoisotopic (exact) mass is 277 g/mol. The first-order valence-corrected chi connectivity index (χ1v) is 6.70. The minimum Gasteiger partial charge on any atom is -0.318 e. The fourth-order valence-corrected chi connectivity index (χ4v) is 3.22. The quantitative estimate of drug-likeness (QED) is 0.833. The first kappa shape index (κ1) is 12.0. The van der Waals surface area contributed by atoms with Gasteiger partial charge < -0.3 is 5.73 Å². The van der Waals surface area contributed by atoms with Crippen molar-refractivity contribution in [2.24, 2.45) is 5.73 Å². The van der Waals surface area contributed by atoms with Crippen LogP contribution in [0.2, 0.25) is 10.0 Å². The van der Waals surface area contributed by atoms with Gasteiger partial charge >= 0.3 is 0 Å². The predicted octanol–water partition coefficient (Wildman–Crippen LogP) is 4.14. The molecular formula is C15H13Cl2N. The zero-order valence-electron chi connectivity index (χ0n) is 9.79. The van der Waals surface area contributed by atoms with Gasteiger partial charge in [0.25, 0.3) is 0 Å². The molecule has 2 aromatic rings. The molecule has 3 heteroatoms. The summed E-state index contributed by atoms with van der Waals surface area (Å²) < 4.78 is 0. The van der Waals surface area contributed by atoms with Gasteiger partial charge in [-0.2, -0.15) is 0 Å². The standard InChI is InChI=1S/C15H13Cl2N/c16-11-5-6-14(17)13(9-11)15(18)8-7-10-3-1-2-4-12(10)15/h1-6,9H,7-8,18H2. The normalized spacial score (nSPS) is 21.9. The fraction of sp³-hybridized carbons (Fsp3) is 0.200. The summed E-state index contributed by atoms with van der Waals surface area (Å²) in [4.78, 5) is 0. The van der Waals surface area contributed by atoms with Crippen LogP contribution >= 0.6 is 23.2 Å². The minimum absolute atomic E-state index is 0.515. The predicted molar refractivity (Wildman–Crippen MR) is 76.2 cm³/mol. The van der Waals surface area contributed by atoms with Crippen molar-refractivity contribution in [3.8, 4) is 0 Å². The lowest BCUT2D eigenvalue weighted by Gasteiger charge is -2.27. The number of halogens is 2. The third kappa shape index (κ3) is 1.74. The lowest BCUT2D eigenvalue weighted by Crippen LogP contribution is -2.35. The Morgan fingerprint density at radius 1 is 1.00 bits per heavy atom. The van der Waals surface area contributed by atoms with Gasteiger partial charge in [0.1, 0.15) is 0 Å². The zero-order chi connectivity index (χ0) is 12.8. The second kappa shape index (κ2) is 4.27. The molecule has 0 heterocycles. The van der Waals surface area contributed by atoms with Crippen molar-refractivity contribution in [1.29, 1.82) is 0 Å². The molecule has 18 heavy (non-hydrogen) atoms. The first-order chi connectivity index (χ1) is 8.61. The Kier molecular flexibility index (Phi) is 2.86. The second-order valence-electron chi connectivity index (χ2n) is 4.75. The third-order valence-corrected chi connectivity index (χ3v) is 4.26. The molecule has 0 bridgehead atoms. The highest BCUT2D eigenvalue weighted by molar-refractivity contribution is 6.33. The number of hydrogen-bond donors (Lipinski definition) is 1. The van der Waals surface area contributed by atoms with Crippen LogP contribution in [0.3, 0.4) is 0 Å². The summed E-state index contributed by atoms with van der Waals surface area (Å²) >= 11 is 12.4. The van der Waals surface area contributed by atoms with Crippen LogP contribution in [0.25, 0.3) is 0 Å². The van der Waals surface area contributed by atoms with E-state index in [-0.39, 0.29) is 0 Å². The van der Waals surface area contributed by atoms with Crippen molar-refractivity contribution in [3.63, 3.8) is 0 Å². The van der Waals surface area contributed by atoms with E-state index in [0.29, 0.717) is 10.0 Å². The summed E-state index contributed by atoms with van der Waals surface area (Å²) in [6, 6.07) is 13.8. The SMILES string of the molecule is NC1(c2cc(Cl)ccc2Cl)CCc2ccccc21. The molecule has 92 valence electrons. The molecule has 2 N–H and O–H groups in total. The Morgan fingerprint density at radius 3 is 2.61 bits per heavy atom. The average Bonchev–Trinajstić information content (AvgIpc) is 2.72. The van der Waals surface area contributed by atoms with Gasteiger partial charge in [-0.1, -0.05) is 47.5 Å². The molecule has 0 amide bonds. The molecule has 1 nitrogen and oxygen atoms in total. The maximum Gasteiger partial charge on any atom is 0.0686 e.